The minimum atomic E-state index is 0.305. The van der Waals surface area contributed by atoms with Crippen LogP contribution in [-0.2, 0) is 11.2 Å². The number of benzene rings is 1. The van der Waals surface area contributed by atoms with Gasteiger partial charge in [0.15, 0.2) is 0 Å². The van der Waals surface area contributed by atoms with E-state index in [4.69, 9.17) is 4.74 Å². The zero-order valence-corrected chi connectivity index (χ0v) is 9.88. The summed E-state index contributed by atoms with van der Waals surface area (Å²) < 4.78 is 6.77. The van der Waals surface area contributed by atoms with E-state index in [-0.39, 0.29) is 0 Å². The van der Waals surface area contributed by atoms with Crippen molar-refractivity contribution < 1.29 is 4.74 Å². The third-order valence-electron chi connectivity index (χ3n) is 2.11. The van der Waals surface area contributed by atoms with Crippen molar-refractivity contribution in [2.75, 3.05) is 6.61 Å². The minimum absolute atomic E-state index is 0.305. The molecule has 1 aromatic heterocycles. The van der Waals surface area contributed by atoms with Gasteiger partial charge < -0.3 is 4.74 Å². The van der Waals surface area contributed by atoms with E-state index in [9.17, 15) is 0 Å². The molecule has 0 radical (unpaired) electrons. The number of fused-ring (bicyclic) bond motifs is 1. The molecule has 0 aliphatic carbocycles. The van der Waals surface area contributed by atoms with Crippen molar-refractivity contribution in [2.45, 2.75) is 26.4 Å². The first-order chi connectivity index (χ1) is 7.25. The normalized spacial score (nSPS) is 11.4. The van der Waals surface area contributed by atoms with Crippen molar-refractivity contribution in [1.29, 1.82) is 0 Å². The Kier molecular flexibility index (Phi) is 3.34. The van der Waals surface area contributed by atoms with Crippen molar-refractivity contribution in [3.8, 4) is 0 Å². The predicted octanol–water partition coefficient (Wildman–Crippen LogP) is 3.26. The van der Waals surface area contributed by atoms with Crippen LogP contribution in [0.2, 0.25) is 0 Å². The van der Waals surface area contributed by atoms with E-state index in [0.29, 0.717) is 6.10 Å². The third-order valence-corrected chi connectivity index (χ3v) is 3.20. The van der Waals surface area contributed by atoms with E-state index in [1.165, 1.54) is 4.70 Å². The number of hydrogen-bond donors (Lipinski definition) is 0. The lowest BCUT2D eigenvalue weighted by Gasteiger charge is -2.04. The van der Waals surface area contributed by atoms with Crippen LogP contribution in [0.4, 0.5) is 0 Å². The molecule has 1 heterocycles. The summed E-state index contributed by atoms with van der Waals surface area (Å²) in [5.74, 6) is 0. The highest BCUT2D eigenvalue weighted by Gasteiger charge is 2.03. The molecule has 0 fully saturated rings. The van der Waals surface area contributed by atoms with Crippen LogP contribution in [0.15, 0.2) is 24.3 Å². The highest BCUT2D eigenvalue weighted by molar-refractivity contribution is 7.18. The molecule has 2 nitrogen and oxygen atoms in total. The maximum atomic E-state index is 5.51. The summed E-state index contributed by atoms with van der Waals surface area (Å²) in [6, 6.07) is 8.24. The molecule has 3 heteroatoms. The largest absolute Gasteiger partial charge is 0.378 e. The molecule has 1 aromatic carbocycles. The molecule has 0 unspecified atom stereocenters. The van der Waals surface area contributed by atoms with Gasteiger partial charge in [-0.15, -0.1) is 11.3 Å². The SMILES string of the molecule is CC(C)OCCc1nc2ccccc2s1. The molecule has 15 heavy (non-hydrogen) atoms. The number of thiazole rings is 1. The van der Waals surface area contributed by atoms with Gasteiger partial charge in [-0.2, -0.15) is 0 Å². The number of ether oxygens (including phenoxy) is 1. The monoisotopic (exact) mass is 221 g/mol. The van der Waals surface area contributed by atoms with Gasteiger partial charge in [0.2, 0.25) is 0 Å². The summed E-state index contributed by atoms with van der Waals surface area (Å²) in [5.41, 5.74) is 1.10. The summed E-state index contributed by atoms with van der Waals surface area (Å²) in [6.07, 6.45) is 1.22. The highest BCUT2D eigenvalue weighted by atomic mass is 32.1. The van der Waals surface area contributed by atoms with E-state index < -0.39 is 0 Å². The maximum absolute atomic E-state index is 5.51. The van der Waals surface area contributed by atoms with Gasteiger partial charge in [0.05, 0.1) is 27.9 Å². The number of aromatic nitrogens is 1. The lowest BCUT2D eigenvalue weighted by atomic mass is 10.3. The minimum Gasteiger partial charge on any atom is -0.378 e. The van der Waals surface area contributed by atoms with Crippen LogP contribution in [0.25, 0.3) is 10.2 Å². The summed E-state index contributed by atoms with van der Waals surface area (Å²) in [6.45, 7) is 4.87. The van der Waals surface area contributed by atoms with Crippen LogP contribution in [0.1, 0.15) is 18.9 Å². The lowest BCUT2D eigenvalue weighted by Crippen LogP contribution is -2.05. The van der Waals surface area contributed by atoms with Gasteiger partial charge in [0.25, 0.3) is 0 Å². The Morgan fingerprint density at radius 2 is 2.13 bits per heavy atom. The maximum Gasteiger partial charge on any atom is 0.0961 e. The fourth-order valence-electron chi connectivity index (χ4n) is 1.41. The van der Waals surface area contributed by atoms with E-state index in [1.54, 1.807) is 11.3 Å². The Hall–Kier alpha value is -0.930. The molecule has 2 aromatic rings. The molecule has 0 aliphatic rings. The average Bonchev–Trinajstić information content (AvgIpc) is 2.59. The van der Waals surface area contributed by atoms with Crippen molar-refractivity contribution in [2.24, 2.45) is 0 Å². The van der Waals surface area contributed by atoms with Gasteiger partial charge >= 0.3 is 0 Å². The fraction of sp³-hybridized carbons (Fsp3) is 0.417. The van der Waals surface area contributed by atoms with E-state index in [0.717, 1.165) is 23.6 Å². The first kappa shape index (κ1) is 10.6. The standard InChI is InChI=1S/C12H15NOS/c1-9(2)14-8-7-12-13-10-5-3-4-6-11(10)15-12/h3-6,9H,7-8H2,1-2H3. The molecule has 2 rings (SSSR count). The predicted molar refractivity (Wildman–Crippen MR) is 64.4 cm³/mol. The third kappa shape index (κ3) is 2.76. The fourth-order valence-corrected chi connectivity index (χ4v) is 2.36. The molecule has 0 saturated heterocycles. The van der Waals surface area contributed by atoms with Crippen molar-refractivity contribution in [1.82, 2.24) is 4.98 Å². The smallest absolute Gasteiger partial charge is 0.0961 e. The second kappa shape index (κ2) is 4.73. The Balaban J connectivity index is 2.03. The van der Waals surface area contributed by atoms with Crippen LogP contribution < -0.4 is 0 Å². The summed E-state index contributed by atoms with van der Waals surface area (Å²) in [4.78, 5) is 4.55. The lowest BCUT2D eigenvalue weighted by molar-refractivity contribution is 0.0813. The number of rotatable bonds is 4. The molecule has 0 bridgehead atoms. The van der Waals surface area contributed by atoms with Crippen LogP contribution >= 0.6 is 11.3 Å². The molecule has 0 atom stereocenters. The van der Waals surface area contributed by atoms with Crippen LogP contribution in [-0.4, -0.2) is 17.7 Å². The zero-order valence-electron chi connectivity index (χ0n) is 9.06. The van der Waals surface area contributed by atoms with Crippen molar-refractivity contribution in [3.05, 3.63) is 29.3 Å². The molecule has 0 aliphatic heterocycles. The van der Waals surface area contributed by atoms with Gasteiger partial charge in [-0.25, -0.2) is 4.98 Å². The van der Waals surface area contributed by atoms with Crippen LogP contribution in [0, 0.1) is 0 Å². The Morgan fingerprint density at radius 3 is 2.87 bits per heavy atom. The summed E-state index contributed by atoms with van der Waals surface area (Å²) >= 11 is 1.76. The zero-order chi connectivity index (χ0) is 10.7. The van der Waals surface area contributed by atoms with E-state index in [1.807, 2.05) is 6.07 Å². The van der Waals surface area contributed by atoms with Crippen molar-refractivity contribution >= 4 is 21.6 Å². The second-order valence-electron chi connectivity index (χ2n) is 3.74. The highest BCUT2D eigenvalue weighted by Crippen LogP contribution is 2.21. The summed E-state index contributed by atoms with van der Waals surface area (Å²) in [7, 11) is 0. The number of para-hydroxylation sites is 1. The Morgan fingerprint density at radius 1 is 1.33 bits per heavy atom. The molecule has 80 valence electrons. The quantitative estimate of drug-likeness (QED) is 0.790. The first-order valence-electron chi connectivity index (χ1n) is 5.22. The first-order valence-corrected chi connectivity index (χ1v) is 6.03. The topological polar surface area (TPSA) is 22.1 Å². The number of nitrogens with zero attached hydrogens (tertiary/aromatic N) is 1. The average molecular weight is 221 g/mol. The van der Waals surface area contributed by atoms with Crippen molar-refractivity contribution in [3.63, 3.8) is 0 Å². The number of hydrogen-bond acceptors (Lipinski definition) is 3. The van der Waals surface area contributed by atoms with Crippen LogP contribution in [0.3, 0.4) is 0 Å². The Bertz CT molecular complexity index is 403. The molecule has 0 saturated carbocycles. The van der Waals surface area contributed by atoms with Crippen LogP contribution in [0.5, 0.6) is 0 Å². The van der Waals surface area contributed by atoms with Gasteiger partial charge in [-0.3, -0.25) is 0 Å². The van der Waals surface area contributed by atoms with Gasteiger partial charge in [0, 0.05) is 6.42 Å². The second-order valence-corrected chi connectivity index (χ2v) is 4.86. The van der Waals surface area contributed by atoms with Gasteiger partial charge in [-0.05, 0) is 26.0 Å². The molecule has 0 amide bonds. The van der Waals surface area contributed by atoms with E-state index in [2.05, 4.69) is 37.0 Å². The molecule has 0 N–H and O–H groups in total. The molecule has 0 spiro atoms. The van der Waals surface area contributed by atoms with Gasteiger partial charge in [0.1, 0.15) is 0 Å². The van der Waals surface area contributed by atoms with Gasteiger partial charge in [-0.1, -0.05) is 12.1 Å². The molecular weight excluding hydrogens is 206 g/mol. The summed E-state index contributed by atoms with van der Waals surface area (Å²) in [5, 5.41) is 1.16. The Labute approximate surface area is 93.9 Å². The van der Waals surface area contributed by atoms with E-state index >= 15 is 0 Å². The molecular formula is C12H15NOS.